The maximum atomic E-state index is 2.91. The molecule has 4 aromatic carbocycles. The van der Waals surface area contributed by atoms with E-state index in [1.165, 1.54) is 90.1 Å². The Morgan fingerprint density at radius 2 is 1.45 bits per heavy atom. The molecule has 0 spiro atoms. The van der Waals surface area contributed by atoms with Gasteiger partial charge < -0.3 is 4.90 Å². The molecule has 0 radical (unpaired) electrons. The summed E-state index contributed by atoms with van der Waals surface area (Å²) < 4.78 is 0. The fraction of sp³-hybridized carbons (Fsp3) is 0.415. The molecule has 0 amide bonds. The van der Waals surface area contributed by atoms with E-state index in [2.05, 4.69) is 131 Å². The van der Waals surface area contributed by atoms with Crippen LogP contribution in [0.5, 0.6) is 0 Å². The number of para-hydroxylation sites is 1. The van der Waals surface area contributed by atoms with Crippen LogP contribution in [0.15, 0.2) is 84.9 Å². The lowest BCUT2D eigenvalue weighted by Crippen LogP contribution is -2.46. The van der Waals surface area contributed by atoms with E-state index >= 15 is 0 Å². The zero-order chi connectivity index (χ0) is 29.3. The second-order valence-corrected chi connectivity index (χ2v) is 13.2. The molecule has 1 aliphatic heterocycles. The number of allylic oxidation sites excluding steroid dienone is 1. The van der Waals surface area contributed by atoms with E-state index in [9.17, 15) is 0 Å². The molecule has 0 aromatic heterocycles. The van der Waals surface area contributed by atoms with Gasteiger partial charge in [-0.1, -0.05) is 119 Å². The first-order chi connectivity index (χ1) is 20.5. The molecule has 42 heavy (non-hydrogen) atoms. The van der Waals surface area contributed by atoms with Crippen LogP contribution in [0.2, 0.25) is 0 Å². The van der Waals surface area contributed by atoms with Crippen molar-refractivity contribution in [1.29, 1.82) is 0 Å². The molecule has 1 saturated carbocycles. The van der Waals surface area contributed by atoms with Crippen molar-refractivity contribution in [3.05, 3.63) is 107 Å². The molecule has 218 valence electrons. The molecule has 1 aliphatic carbocycles. The second-order valence-electron chi connectivity index (χ2n) is 13.2. The number of benzene rings is 4. The number of rotatable bonds is 8. The van der Waals surface area contributed by atoms with Gasteiger partial charge in [0.15, 0.2) is 0 Å². The highest BCUT2D eigenvalue weighted by atomic mass is 15.2. The van der Waals surface area contributed by atoms with Gasteiger partial charge >= 0.3 is 0 Å². The highest BCUT2D eigenvalue weighted by molar-refractivity contribution is 6.04. The van der Waals surface area contributed by atoms with Gasteiger partial charge in [-0.2, -0.15) is 0 Å². The van der Waals surface area contributed by atoms with Gasteiger partial charge in [-0.05, 0) is 108 Å². The number of hydrogen-bond acceptors (Lipinski definition) is 1. The van der Waals surface area contributed by atoms with Crippen molar-refractivity contribution in [2.45, 2.75) is 109 Å². The lowest BCUT2D eigenvalue weighted by Gasteiger charge is -2.45. The molecular weight excluding hydrogens is 506 g/mol. The lowest BCUT2D eigenvalue weighted by molar-refractivity contribution is 0.271. The van der Waals surface area contributed by atoms with Gasteiger partial charge in [0.1, 0.15) is 0 Å². The van der Waals surface area contributed by atoms with Crippen molar-refractivity contribution in [1.82, 2.24) is 0 Å². The van der Waals surface area contributed by atoms with Crippen molar-refractivity contribution >= 4 is 22.5 Å². The third kappa shape index (κ3) is 4.89. The fourth-order valence-electron chi connectivity index (χ4n) is 8.80. The van der Waals surface area contributed by atoms with Crippen LogP contribution in [-0.4, -0.2) is 12.1 Å². The maximum Gasteiger partial charge on any atom is 0.0407 e. The van der Waals surface area contributed by atoms with Gasteiger partial charge in [0.2, 0.25) is 0 Å². The van der Waals surface area contributed by atoms with Crippen LogP contribution in [-0.2, 0) is 5.41 Å². The molecule has 6 rings (SSSR count). The molecule has 1 heterocycles. The molecule has 2 unspecified atom stereocenters. The van der Waals surface area contributed by atoms with Crippen molar-refractivity contribution < 1.29 is 0 Å². The summed E-state index contributed by atoms with van der Waals surface area (Å²) in [4.78, 5) is 2.91. The van der Waals surface area contributed by atoms with E-state index in [-0.39, 0.29) is 5.41 Å². The number of anilines is 1. The zero-order valence-electron chi connectivity index (χ0n) is 26.5. The Balaban J connectivity index is 1.39. The third-order valence-corrected chi connectivity index (χ3v) is 10.6. The molecule has 4 aromatic rings. The average molecular weight is 556 g/mol. The summed E-state index contributed by atoms with van der Waals surface area (Å²) >= 11 is 0. The van der Waals surface area contributed by atoms with Crippen LogP contribution >= 0.6 is 0 Å². The predicted octanol–water partition coefficient (Wildman–Crippen LogP) is 11.6. The Kier molecular flexibility index (Phi) is 8.30. The Bertz CT molecular complexity index is 1550. The van der Waals surface area contributed by atoms with Crippen LogP contribution in [0.25, 0.3) is 28.0 Å². The van der Waals surface area contributed by atoms with E-state index in [1.54, 1.807) is 11.1 Å². The first kappa shape index (κ1) is 28.8. The van der Waals surface area contributed by atoms with Gasteiger partial charge in [-0.3, -0.25) is 0 Å². The molecule has 1 fully saturated rings. The highest BCUT2D eigenvalue weighted by Crippen LogP contribution is 2.52. The summed E-state index contributed by atoms with van der Waals surface area (Å²) in [5.74, 6) is 0.680. The maximum absolute atomic E-state index is 2.91. The third-order valence-electron chi connectivity index (χ3n) is 10.6. The van der Waals surface area contributed by atoms with E-state index in [0.717, 1.165) is 0 Å². The molecule has 1 heteroatoms. The lowest BCUT2D eigenvalue weighted by atomic mass is 9.65. The predicted molar refractivity (Wildman–Crippen MR) is 184 cm³/mol. The second kappa shape index (κ2) is 12.1. The van der Waals surface area contributed by atoms with E-state index in [1.807, 2.05) is 0 Å². The molecule has 2 aliphatic rings. The largest absolute Gasteiger partial charge is 0.365 e. The smallest absolute Gasteiger partial charge is 0.0407 e. The SMILES string of the molecule is C/C=C\c1c(C)c(C2(C)CCC(N3c4ccccc4C(CCC)C3CCC)CC2)c2ccccc2c1-c1ccccc1. The van der Waals surface area contributed by atoms with Crippen LogP contribution in [0, 0.1) is 6.92 Å². The topological polar surface area (TPSA) is 3.24 Å². The van der Waals surface area contributed by atoms with Gasteiger partial charge in [-0.15, -0.1) is 0 Å². The molecule has 0 bridgehead atoms. The van der Waals surface area contributed by atoms with Gasteiger partial charge in [-0.25, -0.2) is 0 Å². The van der Waals surface area contributed by atoms with Crippen molar-refractivity contribution in [3.63, 3.8) is 0 Å². The summed E-state index contributed by atoms with van der Waals surface area (Å²) in [6.07, 6.45) is 14.7. The van der Waals surface area contributed by atoms with Crippen LogP contribution in [0.3, 0.4) is 0 Å². The van der Waals surface area contributed by atoms with Crippen molar-refractivity contribution in [3.8, 4) is 11.1 Å². The molecular formula is C41H49N. The Morgan fingerprint density at radius 1 is 0.810 bits per heavy atom. The van der Waals surface area contributed by atoms with Crippen molar-refractivity contribution in [2.75, 3.05) is 4.90 Å². The summed E-state index contributed by atoms with van der Waals surface area (Å²) in [6.45, 7) is 11.9. The van der Waals surface area contributed by atoms with Crippen LogP contribution in [0.1, 0.15) is 107 Å². The molecule has 0 saturated heterocycles. The Morgan fingerprint density at radius 3 is 2.14 bits per heavy atom. The number of fused-ring (bicyclic) bond motifs is 2. The van der Waals surface area contributed by atoms with E-state index in [0.29, 0.717) is 18.0 Å². The fourth-order valence-corrected chi connectivity index (χ4v) is 8.80. The molecule has 0 N–H and O–H groups in total. The quantitative estimate of drug-likeness (QED) is 0.209. The number of nitrogens with zero attached hydrogens (tertiary/aromatic N) is 1. The van der Waals surface area contributed by atoms with Crippen LogP contribution < -0.4 is 4.90 Å². The first-order valence-electron chi connectivity index (χ1n) is 16.6. The monoisotopic (exact) mass is 555 g/mol. The minimum Gasteiger partial charge on any atom is -0.365 e. The number of hydrogen-bond donors (Lipinski definition) is 0. The minimum absolute atomic E-state index is 0.161. The summed E-state index contributed by atoms with van der Waals surface area (Å²) in [7, 11) is 0. The highest BCUT2D eigenvalue weighted by Gasteiger charge is 2.44. The minimum atomic E-state index is 0.161. The van der Waals surface area contributed by atoms with Gasteiger partial charge in [0, 0.05) is 23.7 Å². The first-order valence-corrected chi connectivity index (χ1v) is 16.6. The van der Waals surface area contributed by atoms with Gasteiger partial charge in [0.05, 0.1) is 0 Å². The zero-order valence-corrected chi connectivity index (χ0v) is 26.5. The molecule has 1 nitrogen and oxygen atoms in total. The summed E-state index contributed by atoms with van der Waals surface area (Å²) in [6, 6.07) is 30.9. The van der Waals surface area contributed by atoms with Crippen LogP contribution in [0.4, 0.5) is 5.69 Å². The standard InChI is InChI=1S/C41H49N/c1-6-16-32-29(4)40(36-23-13-12-22-35(36)39(32)30-19-10-9-11-20-30)41(5)27-25-31(26-28-41)42-37(18-8-3)33(17-7-2)34-21-14-15-24-38(34)42/h6,9-16,19-24,31,33,37H,7-8,17-18,25-28H2,1-5H3/b16-6-. The van der Waals surface area contributed by atoms with E-state index < -0.39 is 0 Å². The molecule has 2 atom stereocenters. The summed E-state index contributed by atoms with van der Waals surface area (Å²) in [5.41, 5.74) is 10.4. The van der Waals surface area contributed by atoms with E-state index in [4.69, 9.17) is 0 Å². The Labute approximate surface area is 254 Å². The normalized spacial score (nSPS) is 24.0. The van der Waals surface area contributed by atoms with Gasteiger partial charge in [0.25, 0.3) is 0 Å². The Hall–Kier alpha value is -3.32. The average Bonchev–Trinajstić information content (AvgIpc) is 3.31. The summed E-state index contributed by atoms with van der Waals surface area (Å²) in [5, 5.41) is 2.83. The van der Waals surface area contributed by atoms with Crippen molar-refractivity contribution in [2.24, 2.45) is 0 Å².